The van der Waals surface area contributed by atoms with Crippen molar-refractivity contribution in [3.63, 3.8) is 0 Å². The summed E-state index contributed by atoms with van der Waals surface area (Å²) in [6, 6.07) is 12.7. The van der Waals surface area contributed by atoms with E-state index in [1.165, 1.54) is 0 Å². The van der Waals surface area contributed by atoms with Crippen molar-refractivity contribution in [2.75, 3.05) is 13.7 Å². The first kappa shape index (κ1) is 24.5. The van der Waals surface area contributed by atoms with E-state index in [0.717, 1.165) is 17.7 Å². The summed E-state index contributed by atoms with van der Waals surface area (Å²) in [6.07, 6.45) is 1.06. The summed E-state index contributed by atoms with van der Waals surface area (Å²) in [5.41, 5.74) is 1.46. The number of ether oxygens (including phenoxy) is 3. The molecule has 1 amide bonds. The van der Waals surface area contributed by atoms with Gasteiger partial charge in [-0.2, -0.15) is 0 Å². The summed E-state index contributed by atoms with van der Waals surface area (Å²) < 4.78 is 16.8. The Morgan fingerprint density at radius 2 is 1.74 bits per heavy atom. The third-order valence-corrected chi connectivity index (χ3v) is 4.60. The lowest BCUT2D eigenvalue weighted by molar-refractivity contribution is 0.0976. The number of hydrogen-bond acceptors (Lipinski definition) is 5. The summed E-state index contributed by atoms with van der Waals surface area (Å²) in [6.45, 7) is 9.32. The lowest BCUT2D eigenvalue weighted by Gasteiger charge is -2.14. The van der Waals surface area contributed by atoms with Gasteiger partial charge in [0.1, 0.15) is 5.75 Å². The second-order valence-corrected chi connectivity index (χ2v) is 8.25. The molecule has 2 rings (SSSR count). The molecule has 168 valence electrons. The van der Waals surface area contributed by atoms with E-state index in [1.54, 1.807) is 31.4 Å². The molecule has 0 spiro atoms. The van der Waals surface area contributed by atoms with Crippen molar-refractivity contribution in [3.05, 3.63) is 53.6 Å². The van der Waals surface area contributed by atoms with E-state index in [4.69, 9.17) is 26.4 Å². The molecule has 0 fully saturated rings. The van der Waals surface area contributed by atoms with Gasteiger partial charge in [-0.15, -0.1) is 0 Å². The van der Waals surface area contributed by atoms with E-state index in [9.17, 15) is 4.79 Å². The van der Waals surface area contributed by atoms with Gasteiger partial charge in [0, 0.05) is 12.1 Å². The number of benzene rings is 2. The van der Waals surface area contributed by atoms with Crippen LogP contribution in [0.2, 0.25) is 0 Å². The average molecular weight is 445 g/mol. The number of rotatable bonds is 10. The molecular weight excluding hydrogens is 412 g/mol. The minimum atomic E-state index is -0.278. The van der Waals surface area contributed by atoms with Gasteiger partial charge in [0.2, 0.25) is 0 Å². The van der Waals surface area contributed by atoms with E-state index in [-0.39, 0.29) is 17.1 Å². The zero-order valence-electron chi connectivity index (χ0n) is 18.9. The Hall–Kier alpha value is -2.80. The van der Waals surface area contributed by atoms with E-state index in [2.05, 4.69) is 24.5 Å². The highest BCUT2D eigenvalue weighted by Gasteiger charge is 2.10. The first-order chi connectivity index (χ1) is 14.8. The van der Waals surface area contributed by atoms with Crippen LogP contribution in [0.25, 0.3) is 0 Å². The van der Waals surface area contributed by atoms with Crippen molar-refractivity contribution >= 4 is 23.2 Å². The number of methoxy groups -OCH3 is 1. The Kier molecular flexibility index (Phi) is 9.59. The highest BCUT2D eigenvalue weighted by molar-refractivity contribution is 7.80. The molecule has 0 bridgehead atoms. The van der Waals surface area contributed by atoms with Crippen LogP contribution in [0.4, 0.5) is 0 Å². The largest absolute Gasteiger partial charge is 0.493 e. The normalized spacial score (nSPS) is 10.7. The van der Waals surface area contributed by atoms with Crippen molar-refractivity contribution < 1.29 is 19.0 Å². The molecule has 0 saturated heterocycles. The first-order valence-corrected chi connectivity index (χ1v) is 10.8. The smallest absolute Gasteiger partial charge is 0.257 e. The molecule has 0 radical (unpaired) electrons. The summed E-state index contributed by atoms with van der Waals surface area (Å²) in [5, 5.41) is 5.99. The SMILES string of the molecule is COc1cc(CNC(=S)NC(=O)c2ccc(OC(C)C)cc2)ccc1OCCC(C)C. The third-order valence-electron chi connectivity index (χ3n) is 4.35. The van der Waals surface area contributed by atoms with E-state index < -0.39 is 0 Å². The van der Waals surface area contributed by atoms with Crippen molar-refractivity contribution in [2.24, 2.45) is 5.92 Å². The molecular formula is C24H32N2O4S. The molecule has 0 heterocycles. The van der Waals surface area contributed by atoms with Gasteiger partial charge in [0.15, 0.2) is 16.6 Å². The van der Waals surface area contributed by atoms with Gasteiger partial charge < -0.3 is 19.5 Å². The van der Waals surface area contributed by atoms with Gasteiger partial charge in [-0.25, -0.2) is 0 Å². The lowest BCUT2D eigenvalue weighted by atomic mass is 10.1. The summed E-state index contributed by atoms with van der Waals surface area (Å²) >= 11 is 5.26. The molecule has 0 saturated carbocycles. The van der Waals surface area contributed by atoms with Gasteiger partial charge >= 0.3 is 0 Å². The molecule has 7 heteroatoms. The Morgan fingerprint density at radius 1 is 1.03 bits per heavy atom. The third kappa shape index (κ3) is 8.45. The Morgan fingerprint density at radius 3 is 2.35 bits per heavy atom. The van der Waals surface area contributed by atoms with Crippen LogP contribution in [0.5, 0.6) is 17.2 Å². The van der Waals surface area contributed by atoms with E-state index in [0.29, 0.717) is 36.1 Å². The second kappa shape index (κ2) is 12.2. The molecule has 0 aliphatic heterocycles. The van der Waals surface area contributed by atoms with Crippen molar-refractivity contribution in [2.45, 2.75) is 46.8 Å². The average Bonchev–Trinajstić information content (AvgIpc) is 2.72. The second-order valence-electron chi connectivity index (χ2n) is 7.84. The van der Waals surface area contributed by atoms with Crippen LogP contribution in [0.15, 0.2) is 42.5 Å². The number of nitrogens with one attached hydrogen (secondary N) is 2. The van der Waals surface area contributed by atoms with Crippen LogP contribution < -0.4 is 24.8 Å². The topological polar surface area (TPSA) is 68.8 Å². The van der Waals surface area contributed by atoms with Gasteiger partial charge in [0.05, 0.1) is 19.8 Å². The number of carbonyl (C=O) groups excluding carboxylic acids is 1. The fraction of sp³-hybridized carbons (Fsp3) is 0.417. The lowest BCUT2D eigenvalue weighted by Crippen LogP contribution is -2.38. The number of thiocarbonyl (C=S) groups is 1. The van der Waals surface area contributed by atoms with E-state index >= 15 is 0 Å². The Labute approximate surface area is 190 Å². The minimum Gasteiger partial charge on any atom is -0.493 e. The fourth-order valence-electron chi connectivity index (χ4n) is 2.70. The maximum Gasteiger partial charge on any atom is 0.257 e. The zero-order valence-corrected chi connectivity index (χ0v) is 19.7. The molecule has 2 N–H and O–H groups in total. The fourth-order valence-corrected chi connectivity index (χ4v) is 2.87. The quantitative estimate of drug-likeness (QED) is 0.517. The van der Waals surface area contributed by atoms with Gasteiger partial charge in [-0.1, -0.05) is 19.9 Å². The number of carbonyl (C=O) groups is 1. The zero-order chi connectivity index (χ0) is 22.8. The predicted octanol–water partition coefficient (Wildman–Crippen LogP) is 4.71. The van der Waals surface area contributed by atoms with Crippen LogP contribution in [-0.4, -0.2) is 30.8 Å². The first-order valence-electron chi connectivity index (χ1n) is 10.4. The number of amides is 1. The Balaban J connectivity index is 1.86. The monoisotopic (exact) mass is 444 g/mol. The minimum absolute atomic E-state index is 0.0794. The summed E-state index contributed by atoms with van der Waals surface area (Å²) in [5.74, 6) is 2.41. The number of hydrogen-bond donors (Lipinski definition) is 2. The molecule has 2 aromatic rings. The van der Waals surface area contributed by atoms with Gasteiger partial charge in [-0.05, 0) is 80.4 Å². The molecule has 6 nitrogen and oxygen atoms in total. The van der Waals surface area contributed by atoms with Crippen LogP contribution in [-0.2, 0) is 6.54 Å². The van der Waals surface area contributed by atoms with Crippen LogP contribution in [0.3, 0.4) is 0 Å². The Bertz CT molecular complexity index is 866. The molecule has 0 aliphatic carbocycles. The molecule has 0 unspecified atom stereocenters. The van der Waals surface area contributed by atoms with Crippen molar-refractivity contribution in [3.8, 4) is 17.2 Å². The summed E-state index contributed by atoms with van der Waals surface area (Å²) in [4.78, 5) is 12.4. The molecule has 0 aliphatic rings. The van der Waals surface area contributed by atoms with Gasteiger partial charge in [0.25, 0.3) is 5.91 Å². The molecule has 2 aromatic carbocycles. The highest BCUT2D eigenvalue weighted by atomic mass is 32.1. The van der Waals surface area contributed by atoms with Crippen LogP contribution >= 0.6 is 12.2 Å². The van der Waals surface area contributed by atoms with Crippen molar-refractivity contribution in [1.29, 1.82) is 0 Å². The molecule has 0 aromatic heterocycles. The predicted molar refractivity (Wildman–Crippen MR) is 127 cm³/mol. The van der Waals surface area contributed by atoms with Crippen LogP contribution in [0.1, 0.15) is 50.0 Å². The maximum absolute atomic E-state index is 12.4. The molecule has 0 atom stereocenters. The van der Waals surface area contributed by atoms with Gasteiger partial charge in [-0.3, -0.25) is 10.1 Å². The van der Waals surface area contributed by atoms with E-state index in [1.807, 2.05) is 32.0 Å². The molecule has 31 heavy (non-hydrogen) atoms. The highest BCUT2D eigenvalue weighted by Crippen LogP contribution is 2.28. The standard InChI is InChI=1S/C24H32N2O4S/c1-16(2)12-13-29-21-11-6-18(14-22(21)28-5)15-25-24(31)26-23(27)19-7-9-20(10-8-19)30-17(3)4/h6-11,14,16-17H,12-13,15H2,1-5H3,(H2,25,26,27,31). The maximum atomic E-state index is 12.4. The summed E-state index contributed by atoms with van der Waals surface area (Å²) in [7, 11) is 1.62. The van der Waals surface area contributed by atoms with Crippen molar-refractivity contribution in [1.82, 2.24) is 10.6 Å². The van der Waals surface area contributed by atoms with Crippen LogP contribution in [0, 0.1) is 5.92 Å².